The first-order chi connectivity index (χ1) is 2.27. The van der Waals surface area contributed by atoms with Gasteiger partial charge >= 0.3 is 0 Å². The standard InChI is InChI=1S/CH4Br2NP/c1-4-5(2)3/h4H,1H3. The van der Waals surface area contributed by atoms with E-state index in [2.05, 4.69) is 36.1 Å². The van der Waals surface area contributed by atoms with E-state index in [9.17, 15) is 0 Å². The maximum atomic E-state index is 3.24. The van der Waals surface area contributed by atoms with Crippen LogP contribution in [0.3, 0.4) is 0 Å². The van der Waals surface area contributed by atoms with Crippen molar-refractivity contribution >= 4 is 36.5 Å². The average Bonchev–Trinajstić information content (AvgIpc) is 1.38. The third-order valence-electron chi connectivity index (χ3n) is 0.169. The zero-order valence-corrected chi connectivity index (χ0v) is 6.77. The van der Waals surface area contributed by atoms with Gasteiger partial charge in [0, 0.05) is 0 Å². The minimum Gasteiger partial charge on any atom is -0.281 e. The van der Waals surface area contributed by atoms with Crippen LogP contribution in [-0.2, 0) is 0 Å². The minimum absolute atomic E-state index is 0.223. The fourth-order valence-corrected chi connectivity index (χ4v) is 0. The predicted octanol–water partition coefficient (Wildman–Crippen LogP) is 2.22. The maximum Gasteiger partial charge on any atom is 0.104 e. The van der Waals surface area contributed by atoms with Crippen molar-refractivity contribution in [3.05, 3.63) is 0 Å². The summed E-state index contributed by atoms with van der Waals surface area (Å²) in [6.45, 7) is 0. The summed E-state index contributed by atoms with van der Waals surface area (Å²) in [6, 6.07) is 0. The summed E-state index contributed by atoms with van der Waals surface area (Å²) < 4.78 is 0. The van der Waals surface area contributed by atoms with Crippen LogP contribution in [0.5, 0.6) is 0 Å². The second-order valence-corrected chi connectivity index (χ2v) is 8.48. The monoisotopic (exact) mass is 219 g/mol. The van der Waals surface area contributed by atoms with Gasteiger partial charge in [0.05, 0.1) is 0 Å². The van der Waals surface area contributed by atoms with E-state index in [0.29, 0.717) is 0 Å². The van der Waals surface area contributed by atoms with Gasteiger partial charge < -0.3 is 0 Å². The summed E-state index contributed by atoms with van der Waals surface area (Å²) in [5.41, 5.74) is -0.223. The number of nitrogens with one attached hydrogen (secondary N) is 1. The van der Waals surface area contributed by atoms with Crippen LogP contribution in [0.4, 0.5) is 0 Å². The van der Waals surface area contributed by atoms with E-state index in [0.717, 1.165) is 0 Å². The average molecular weight is 221 g/mol. The third-order valence-corrected chi connectivity index (χ3v) is 2.63. The van der Waals surface area contributed by atoms with Gasteiger partial charge in [-0.05, 0) is 38.0 Å². The summed E-state index contributed by atoms with van der Waals surface area (Å²) in [7, 11) is 1.88. The van der Waals surface area contributed by atoms with Gasteiger partial charge in [-0.1, -0.05) is 0 Å². The fourth-order valence-electron chi connectivity index (χ4n) is 0. The molecule has 0 rings (SSSR count). The van der Waals surface area contributed by atoms with Gasteiger partial charge in [-0.25, -0.2) is 0 Å². The Morgan fingerprint density at radius 2 is 1.80 bits per heavy atom. The molecule has 0 unspecified atom stereocenters. The summed E-state index contributed by atoms with van der Waals surface area (Å²) in [4.78, 5) is 0. The number of halogens is 2. The Hall–Kier alpha value is 1.35. The summed E-state index contributed by atoms with van der Waals surface area (Å²) >= 11 is 6.49. The van der Waals surface area contributed by atoms with Crippen molar-refractivity contribution in [2.45, 2.75) is 0 Å². The third kappa shape index (κ3) is 5.35. The molecule has 0 aromatic carbocycles. The Morgan fingerprint density at radius 3 is 1.80 bits per heavy atom. The van der Waals surface area contributed by atoms with E-state index >= 15 is 0 Å². The highest BCUT2D eigenvalue weighted by Gasteiger charge is 1.83. The van der Waals surface area contributed by atoms with Gasteiger partial charge in [-0.15, -0.1) is 0 Å². The lowest BCUT2D eigenvalue weighted by molar-refractivity contribution is 1.30. The van der Waals surface area contributed by atoms with Crippen molar-refractivity contribution in [1.82, 2.24) is 5.09 Å². The molecule has 0 saturated carbocycles. The summed E-state index contributed by atoms with van der Waals surface area (Å²) in [6.07, 6.45) is 0. The van der Waals surface area contributed by atoms with Crippen LogP contribution in [-0.4, -0.2) is 7.05 Å². The molecule has 0 aromatic rings. The highest BCUT2D eigenvalue weighted by Crippen LogP contribution is 2.46. The van der Waals surface area contributed by atoms with Crippen LogP contribution in [0.15, 0.2) is 0 Å². The van der Waals surface area contributed by atoms with Gasteiger partial charge in [0.15, 0.2) is 0 Å². The molecule has 4 heteroatoms. The molecular formula is CH4Br2NP. The molecule has 0 spiro atoms. The first-order valence-corrected chi connectivity index (χ1v) is 6.44. The van der Waals surface area contributed by atoms with Crippen LogP contribution >= 0.6 is 36.5 Å². The lowest BCUT2D eigenvalue weighted by atomic mass is 11.6. The van der Waals surface area contributed by atoms with E-state index < -0.39 is 0 Å². The van der Waals surface area contributed by atoms with Crippen LogP contribution in [0.1, 0.15) is 0 Å². The van der Waals surface area contributed by atoms with Gasteiger partial charge in [-0.2, -0.15) is 0 Å². The molecule has 1 N–H and O–H groups in total. The lowest BCUT2D eigenvalue weighted by Crippen LogP contribution is -1.83. The molecule has 5 heavy (non-hydrogen) atoms. The Labute approximate surface area is 48.8 Å². The van der Waals surface area contributed by atoms with Crippen molar-refractivity contribution < 1.29 is 0 Å². The lowest BCUT2D eigenvalue weighted by Gasteiger charge is -1.89. The first-order valence-electron chi connectivity index (χ1n) is 1.06. The van der Waals surface area contributed by atoms with E-state index in [1.807, 2.05) is 7.05 Å². The predicted molar refractivity (Wildman–Crippen MR) is 33.8 cm³/mol. The fraction of sp³-hybridized carbons (Fsp3) is 1.00. The molecule has 32 valence electrons. The highest BCUT2D eigenvalue weighted by atomic mass is 79.9. The van der Waals surface area contributed by atoms with E-state index in [4.69, 9.17) is 0 Å². The van der Waals surface area contributed by atoms with Crippen LogP contribution in [0.2, 0.25) is 0 Å². The van der Waals surface area contributed by atoms with Crippen molar-refractivity contribution in [2.75, 3.05) is 7.05 Å². The van der Waals surface area contributed by atoms with Gasteiger partial charge in [0.1, 0.15) is 5.48 Å². The van der Waals surface area contributed by atoms with Crippen LogP contribution in [0.25, 0.3) is 0 Å². The number of rotatable bonds is 1. The normalized spacial score (nSPS) is 9.60. The van der Waals surface area contributed by atoms with Gasteiger partial charge in [-0.3, -0.25) is 5.09 Å². The van der Waals surface area contributed by atoms with Crippen LogP contribution in [0, 0.1) is 0 Å². The van der Waals surface area contributed by atoms with Gasteiger partial charge in [0.2, 0.25) is 0 Å². The maximum absolute atomic E-state index is 3.24. The van der Waals surface area contributed by atoms with Crippen molar-refractivity contribution in [3.8, 4) is 0 Å². The highest BCUT2D eigenvalue weighted by molar-refractivity contribution is 9.69. The van der Waals surface area contributed by atoms with Crippen molar-refractivity contribution in [2.24, 2.45) is 0 Å². The van der Waals surface area contributed by atoms with E-state index in [-0.39, 0.29) is 5.48 Å². The Morgan fingerprint density at radius 1 is 1.60 bits per heavy atom. The van der Waals surface area contributed by atoms with Gasteiger partial charge in [0.25, 0.3) is 0 Å². The summed E-state index contributed by atoms with van der Waals surface area (Å²) in [5.74, 6) is 0. The smallest absolute Gasteiger partial charge is 0.104 e. The van der Waals surface area contributed by atoms with Crippen molar-refractivity contribution in [1.29, 1.82) is 0 Å². The zero-order valence-electron chi connectivity index (χ0n) is 2.70. The number of hydrogen-bond acceptors (Lipinski definition) is 1. The molecule has 0 aromatic heterocycles. The second-order valence-electron chi connectivity index (χ2n) is 0.457. The Balaban J connectivity index is 2.54. The van der Waals surface area contributed by atoms with E-state index in [1.54, 1.807) is 0 Å². The molecular weight excluding hydrogens is 217 g/mol. The largest absolute Gasteiger partial charge is 0.281 e. The molecule has 0 fully saturated rings. The molecule has 0 saturated heterocycles. The molecule has 0 radical (unpaired) electrons. The quantitative estimate of drug-likeness (QED) is 0.669. The Kier molecular flexibility index (Phi) is 4.49. The SMILES string of the molecule is CNP(Br)Br. The molecule has 0 bridgehead atoms. The Bertz CT molecular complexity index is 23.6. The van der Waals surface area contributed by atoms with Crippen molar-refractivity contribution in [3.63, 3.8) is 0 Å². The zero-order chi connectivity index (χ0) is 4.28. The molecule has 1 nitrogen and oxygen atoms in total. The molecule has 0 amide bonds. The molecule has 0 aliphatic rings. The van der Waals surface area contributed by atoms with Crippen LogP contribution < -0.4 is 5.09 Å². The molecule has 0 heterocycles. The molecule has 0 atom stereocenters. The topological polar surface area (TPSA) is 12.0 Å². The second kappa shape index (κ2) is 3.54. The first kappa shape index (κ1) is 6.35. The molecule has 0 aliphatic carbocycles. The summed E-state index contributed by atoms with van der Waals surface area (Å²) in [5, 5.41) is 2.93. The number of hydrogen-bond donors (Lipinski definition) is 1. The molecule has 0 aliphatic heterocycles. The van der Waals surface area contributed by atoms with E-state index in [1.165, 1.54) is 0 Å². The minimum atomic E-state index is -0.223.